The van der Waals surface area contributed by atoms with Crippen molar-refractivity contribution in [1.82, 2.24) is 0 Å². The number of nitrogen functional groups attached to an aromatic ring is 1. The fraction of sp³-hybridized carbons (Fsp3) is 0.0769. The Kier molecular flexibility index (Phi) is 4.38. The summed E-state index contributed by atoms with van der Waals surface area (Å²) in [5.41, 5.74) is 6.10. The average Bonchev–Trinajstić information content (AvgIpc) is 2.43. The molecule has 8 heteroatoms. The van der Waals surface area contributed by atoms with Crippen LogP contribution in [0.1, 0.15) is 0 Å². The van der Waals surface area contributed by atoms with Gasteiger partial charge in [-0.2, -0.15) is 0 Å². The van der Waals surface area contributed by atoms with Crippen LogP contribution in [0.15, 0.2) is 45.8 Å². The van der Waals surface area contributed by atoms with Gasteiger partial charge in [-0.1, -0.05) is 0 Å². The molecule has 0 bridgehead atoms. The molecule has 0 saturated carbocycles. The molecule has 0 spiro atoms. The summed E-state index contributed by atoms with van der Waals surface area (Å²) in [5, 5.41) is 0. The van der Waals surface area contributed by atoms with Gasteiger partial charge in [-0.25, -0.2) is 12.8 Å². The number of benzene rings is 2. The predicted octanol–water partition coefficient (Wildman–Crippen LogP) is 2.98. The molecule has 0 amide bonds. The maximum Gasteiger partial charge on any atom is 0.263 e. The molecule has 0 aliphatic heterocycles. The lowest BCUT2D eigenvalue weighted by Gasteiger charge is -2.11. The number of nitrogens with one attached hydrogen (secondary N) is 1. The summed E-state index contributed by atoms with van der Waals surface area (Å²) < 4.78 is 45.5. The summed E-state index contributed by atoms with van der Waals surface area (Å²) in [5.74, 6) is -0.632. The third-order valence-corrected chi connectivity index (χ3v) is 5.02. The minimum absolute atomic E-state index is 0.00853. The number of hydrogen-bond acceptors (Lipinski definition) is 4. The highest BCUT2D eigenvalue weighted by Gasteiger charge is 2.19. The van der Waals surface area contributed by atoms with Crippen molar-refractivity contribution in [3.05, 3.63) is 46.7 Å². The van der Waals surface area contributed by atoms with E-state index < -0.39 is 15.8 Å². The Hall–Kier alpha value is -1.80. The first-order chi connectivity index (χ1) is 9.83. The fourth-order valence-corrected chi connectivity index (χ4v) is 3.71. The largest absolute Gasteiger partial charge is 0.494 e. The summed E-state index contributed by atoms with van der Waals surface area (Å²) in [6, 6.07) is 8.11. The molecule has 112 valence electrons. The molecule has 3 N–H and O–H groups in total. The van der Waals surface area contributed by atoms with Gasteiger partial charge in [0.2, 0.25) is 0 Å². The van der Waals surface area contributed by atoms with Gasteiger partial charge in [0.25, 0.3) is 10.0 Å². The van der Waals surface area contributed by atoms with Crippen LogP contribution in [-0.4, -0.2) is 15.5 Å². The van der Waals surface area contributed by atoms with E-state index in [4.69, 9.17) is 10.5 Å². The summed E-state index contributed by atoms with van der Waals surface area (Å²) >= 11 is 3.16. The Bertz CT molecular complexity index is 781. The lowest BCUT2D eigenvalue weighted by molar-refractivity contribution is 0.387. The van der Waals surface area contributed by atoms with Gasteiger partial charge in [-0.15, -0.1) is 0 Å². The lowest BCUT2D eigenvalue weighted by atomic mass is 10.3. The van der Waals surface area contributed by atoms with Gasteiger partial charge in [0.15, 0.2) is 11.6 Å². The number of methoxy groups -OCH3 is 1. The Morgan fingerprint density at radius 3 is 2.62 bits per heavy atom. The maximum absolute atomic E-state index is 13.3. The molecule has 5 nitrogen and oxygen atoms in total. The Morgan fingerprint density at radius 1 is 1.24 bits per heavy atom. The predicted molar refractivity (Wildman–Crippen MR) is 82.3 cm³/mol. The monoisotopic (exact) mass is 374 g/mol. The van der Waals surface area contributed by atoms with Crippen molar-refractivity contribution in [2.75, 3.05) is 17.6 Å². The van der Waals surface area contributed by atoms with E-state index in [9.17, 15) is 12.8 Å². The standard InChI is InChI=1S/C13H12BrFN2O3S/c1-20-12-7-9(3-5-11(12)15)17-21(18,19)13-6-8(16)2-4-10(13)14/h2-7,17H,16H2,1H3. The molecule has 0 radical (unpaired) electrons. The third kappa shape index (κ3) is 3.45. The summed E-state index contributed by atoms with van der Waals surface area (Å²) in [6.45, 7) is 0. The van der Waals surface area contributed by atoms with E-state index >= 15 is 0 Å². The van der Waals surface area contributed by atoms with E-state index in [0.717, 1.165) is 6.07 Å². The zero-order chi connectivity index (χ0) is 15.6. The van der Waals surface area contributed by atoms with E-state index in [0.29, 0.717) is 10.2 Å². The molecule has 0 saturated heterocycles. The van der Waals surface area contributed by atoms with Gasteiger partial charge in [0.1, 0.15) is 4.90 Å². The van der Waals surface area contributed by atoms with Crippen LogP contribution in [0.2, 0.25) is 0 Å². The first-order valence-corrected chi connectivity index (χ1v) is 8.02. The molecule has 2 aromatic carbocycles. The lowest BCUT2D eigenvalue weighted by Crippen LogP contribution is -2.14. The number of nitrogens with two attached hydrogens (primary N) is 1. The van der Waals surface area contributed by atoms with Crippen LogP contribution in [0.25, 0.3) is 0 Å². The highest BCUT2D eigenvalue weighted by Crippen LogP contribution is 2.28. The quantitative estimate of drug-likeness (QED) is 0.806. The highest BCUT2D eigenvalue weighted by atomic mass is 79.9. The summed E-state index contributed by atoms with van der Waals surface area (Å²) in [4.78, 5) is -0.00853. The van der Waals surface area contributed by atoms with E-state index in [1.165, 1.54) is 31.4 Å². The summed E-state index contributed by atoms with van der Waals surface area (Å²) in [7, 11) is -2.56. The molecular weight excluding hydrogens is 363 g/mol. The number of rotatable bonds is 4. The zero-order valence-corrected chi connectivity index (χ0v) is 13.3. The second kappa shape index (κ2) is 5.90. The van der Waals surface area contributed by atoms with Crippen molar-refractivity contribution in [2.24, 2.45) is 0 Å². The third-order valence-electron chi connectivity index (χ3n) is 2.65. The minimum Gasteiger partial charge on any atom is -0.494 e. The van der Waals surface area contributed by atoms with Gasteiger partial charge in [-0.05, 0) is 46.3 Å². The Balaban J connectivity index is 2.40. The number of hydrogen-bond donors (Lipinski definition) is 2. The SMILES string of the molecule is COc1cc(NS(=O)(=O)c2cc(N)ccc2Br)ccc1F. The minimum atomic E-state index is -3.86. The van der Waals surface area contributed by atoms with E-state index in [-0.39, 0.29) is 16.3 Å². The van der Waals surface area contributed by atoms with Crippen LogP contribution >= 0.6 is 15.9 Å². The molecule has 0 aliphatic rings. The molecule has 21 heavy (non-hydrogen) atoms. The van der Waals surface area contributed by atoms with Crippen LogP contribution in [0.4, 0.5) is 15.8 Å². The van der Waals surface area contributed by atoms with E-state index in [1.807, 2.05) is 0 Å². The molecule has 0 fully saturated rings. The summed E-state index contributed by atoms with van der Waals surface area (Å²) in [6.07, 6.45) is 0. The molecule has 0 heterocycles. The number of anilines is 2. The molecular formula is C13H12BrFN2O3S. The van der Waals surface area contributed by atoms with Crippen molar-refractivity contribution in [3.8, 4) is 5.75 Å². The number of ether oxygens (including phenoxy) is 1. The number of sulfonamides is 1. The molecule has 2 rings (SSSR count). The Morgan fingerprint density at radius 2 is 1.95 bits per heavy atom. The first-order valence-electron chi connectivity index (χ1n) is 5.75. The van der Waals surface area contributed by atoms with Crippen LogP contribution in [0, 0.1) is 5.82 Å². The van der Waals surface area contributed by atoms with Crippen molar-refractivity contribution >= 4 is 37.3 Å². The van der Waals surface area contributed by atoms with Crippen molar-refractivity contribution in [2.45, 2.75) is 4.90 Å². The molecule has 0 unspecified atom stereocenters. The molecule has 0 atom stereocenters. The van der Waals surface area contributed by atoms with Crippen LogP contribution in [0.3, 0.4) is 0 Å². The topological polar surface area (TPSA) is 81.4 Å². The number of halogens is 2. The van der Waals surface area contributed by atoms with Gasteiger partial charge in [-0.3, -0.25) is 4.72 Å². The second-order valence-electron chi connectivity index (χ2n) is 4.14. The molecule has 0 aromatic heterocycles. The van der Waals surface area contributed by atoms with Crippen LogP contribution in [0.5, 0.6) is 5.75 Å². The van der Waals surface area contributed by atoms with Crippen LogP contribution in [-0.2, 0) is 10.0 Å². The fourth-order valence-electron chi connectivity index (χ4n) is 1.66. The van der Waals surface area contributed by atoms with Crippen molar-refractivity contribution in [1.29, 1.82) is 0 Å². The van der Waals surface area contributed by atoms with Gasteiger partial charge in [0, 0.05) is 16.2 Å². The highest BCUT2D eigenvalue weighted by molar-refractivity contribution is 9.10. The van der Waals surface area contributed by atoms with Crippen LogP contribution < -0.4 is 15.2 Å². The maximum atomic E-state index is 13.3. The zero-order valence-electron chi connectivity index (χ0n) is 10.9. The Labute approximate surface area is 130 Å². The average molecular weight is 375 g/mol. The smallest absolute Gasteiger partial charge is 0.263 e. The van der Waals surface area contributed by atoms with Crippen molar-refractivity contribution < 1.29 is 17.5 Å². The van der Waals surface area contributed by atoms with E-state index in [1.54, 1.807) is 6.07 Å². The molecule has 2 aromatic rings. The first kappa shape index (κ1) is 15.6. The normalized spacial score (nSPS) is 11.2. The van der Waals surface area contributed by atoms with Gasteiger partial charge >= 0.3 is 0 Å². The second-order valence-corrected chi connectivity index (χ2v) is 6.65. The van der Waals surface area contributed by atoms with Crippen molar-refractivity contribution in [3.63, 3.8) is 0 Å². The van der Waals surface area contributed by atoms with E-state index in [2.05, 4.69) is 20.7 Å². The van der Waals surface area contributed by atoms with Gasteiger partial charge in [0.05, 0.1) is 12.8 Å². The molecule has 0 aliphatic carbocycles. The van der Waals surface area contributed by atoms with Gasteiger partial charge < -0.3 is 10.5 Å².